The van der Waals surface area contributed by atoms with Crippen LogP contribution >= 0.6 is 0 Å². The standard InChI is InChI=1S/C16H18N4O2/c1-9(2)20-8-11(7-17-20)13-5-10(3)12-6-14(16(21)22-4)19-15(12)18-13/h5-9H,1-4H3,(H,18,19). The Bertz CT molecular complexity index is 845. The molecule has 6 heteroatoms. The molecule has 0 spiro atoms. The lowest BCUT2D eigenvalue weighted by molar-refractivity contribution is 0.0595. The summed E-state index contributed by atoms with van der Waals surface area (Å²) in [6, 6.07) is 4.07. The summed E-state index contributed by atoms with van der Waals surface area (Å²) in [7, 11) is 1.36. The zero-order chi connectivity index (χ0) is 15.9. The van der Waals surface area contributed by atoms with Gasteiger partial charge in [-0.2, -0.15) is 5.10 Å². The number of hydrogen-bond donors (Lipinski definition) is 1. The normalized spacial score (nSPS) is 11.3. The number of pyridine rings is 1. The first-order valence-corrected chi connectivity index (χ1v) is 7.13. The molecular formula is C16H18N4O2. The van der Waals surface area contributed by atoms with E-state index in [-0.39, 0.29) is 0 Å². The molecule has 0 radical (unpaired) electrons. The largest absolute Gasteiger partial charge is 0.464 e. The van der Waals surface area contributed by atoms with Gasteiger partial charge in [-0.15, -0.1) is 0 Å². The molecule has 0 aliphatic carbocycles. The SMILES string of the molecule is COC(=O)c1cc2c(C)cc(-c3cnn(C(C)C)c3)nc2[nH]1. The molecule has 0 fully saturated rings. The zero-order valence-electron chi connectivity index (χ0n) is 13.0. The van der Waals surface area contributed by atoms with Gasteiger partial charge >= 0.3 is 5.97 Å². The lowest BCUT2D eigenvalue weighted by Crippen LogP contribution is -2.00. The predicted octanol–water partition coefficient (Wildman–Crippen LogP) is 3.10. The molecule has 22 heavy (non-hydrogen) atoms. The number of aromatic amines is 1. The van der Waals surface area contributed by atoms with Crippen molar-refractivity contribution in [2.45, 2.75) is 26.8 Å². The number of carbonyl (C=O) groups is 1. The van der Waals surface area contributed by atoms with E-state index < -0.39 is 5.97 Å². The monoisotopic (exact) mass is 298 g/mol. The van der Waals surface area contributed by atoms with Gasteiger partial charge in [0.2, 0.25) is 0 Å². The summed E-state index contributed by atoms with van der Waals surface area (Å²) in [5, 5.41) is 5.26. The lowest BCUT2D eigenvalue weighted by Gasteiger charge is -2.03. The Labute approximate surface area is 128 Å². The van der Waals surface area contributed by atoms with E-state index in [1.165, 1.54) is 7.11 Å². The maximum Gasteiger partial charge on any atom is 0.354 e. The number of methoxy groups -OCH3 is 1. The Balaban J connectivity index is 2.09. The average molecular weight is 298 g/mol. The number of hydrogen-bond acceptors (Lipinski definition) is 4. The first-order valence-electron chi connectivity index (χ1n) is 7.13. The van der Waals surface area contributed by atoms with Crippen LogP contribution in [-0.2, 0) is 4.74 Å². The number of aryl methyl sites for hydroxylation is 1. The number of rotatable bonds is 3. The number of esters is 1. The van der Waals surface area contributed by atoms with Crippen molar-refractivity contribution in [2.75, 3.05) is 7.11 Å². The van der Waals surface area contributed by atoms with E-state index in [2.05, 4.69) is 28.9 Å². The summed E-state index contributed by atoms with van der Waals surface area (Å²) in [5.74, 6) is -0.397. The van der Waals surface area contributed by atoms with Gasteiger partial charge in [-0.25, -0.2) is 9.78 Å². The van der Waals surface area contributed by atoms with E-state index >= 15 is 0 Å². The molecule has 0 aliphatic heterocycles. The Kier molecular flexibility index (Phi) is 3.44. The average Bonchev–Trinajstić information content (AvgIpc) is 3.13. The maximum atomic E-state index is 11.6. The van der Waals surface area contributed by atoms with Crippen molar-refractivity contribution in [1.29, 1.82) is 0 Å². The van der Waals surface area contributed by atoms with Crippen molar-refractivity contribution < 1.29 is 9.53 Å². The highest BCUT2D eigenvalue weighted by atomic mass is 16.5. The van der Waals surface area contributed by atoms with Crippen LogP contribution in [0, 0.1) is 6.92 Å². The van der Waals surface area contributed by atoms with Crippen molar-refractivity contribution >= 4 is 17.0 Å². The van der Waals surface area contributed by atoms with Gasteiger partial charge in [0.1, 0.15) is 11.3 Å². The van der Waals surface area contributed by atoms with E-state index in [1.54, 1.807) is 12.3 Å². The Morgan fingerprint density at radius 1 is 1.36 bits per heavy atom. The molecular weight excluding hydrogens is 280 g/mol. The minimum Gasteiger partial charge on any atom is -0.464 e. The van der Waals surface area contributed by atoms with Crippen molar-refractivity contribution in [3.05, 3.63) is 35.8 Å². The highest BCUT2D eigenvalue weighted by Crippen LogP contribution is 2.25. The summed E-state index contributed by atoms with van der Waals surface area (Å²) in [5.41, 5.74) is 3.91. The van der Waals surface area contributed by atoms with E-state index in [4.69, 9.17) is 4.74 Å². The van der Waals surface area contributed by atoms with E-state index in [0.29, 0.717) is 17.4 Å². The van der Waals surface area contributed by atoms with Crippen molar-refractivity contribution in [3.8, 4) is 11.3 Å². The van der Waals surface area contributed by atoms with Crippen LogP contribution in [-0.4, -0.2) is 32.8 Å². The van der Waals surface area contributed by atoms with Crippen LogP contribution in [0.1, 0.15) is 35.9 Å². The molecule has 0 bridgehead atoms. The maximum absolute atomic E-state index is 11.6. The molecule has 3 aromatic heterocycles. The second kappa shape index (κ2) is 5.29. The quantitative estimate of drug-likeness (QED) is 0.754. The number of ether oxygens (including phenoxy) is 1. The first kappa shape index (κ1) is 14.3. The second-order valence-electron chi connectivity index (χ2n) is 5.56. The summed E-state index contributed by atoms with van der Waals surface area (Å²) in [6.07, 6.45) is 3.78. The highest BCUT2D eigenvalue weighted by molar-refractivity contribution is 5.95. The molecule has 1 N–H and O–H groups in total. The number of carbonyl (C=O) groups excluding carboxylic acids is 1. The molecule has 0 aliphatic rings. The van der Waals surface area contributed by atoms with Gasteiger partial charge in [-0.05, 0) is 38.5 Å². The Morgan fingerprint density at radius 3 is 2.77 bits per heavy atom. The van der Waals surface area contributed by atoms with E-state index in [0.717, 1.165) is 22.2 Å². The van der Waals surface area contributed by atoms with Crippen LogP contribution < -0.4 is 0 Å². The molecule has 114 valence electrons. The molecule has 3 aromatic rings. The predicted molar refractivity (Wildman–Crippen MR) is 83.8 cm³/mol. The third kappa shape index (κ3) is 2.36. The van der Waals surface area contributed by atoms with Crippen LogP contribution in [0.3, 0.4) is 0 Å². The fourth-order valence-corrected chi connectivity index (χ4v) is 2.39. The van der Waals surface area contributed by atoms with Crippen molar-refractivity contribution in [2.24, 2.45) is 0 Å². The fourth-order valence-electron chi connectivity index (χ4n) is 2.39. The molecule has 0 saturated heterocycles. The Morgan fingerprint density at radius 2 is 2.14 bits per heavy atom. The molecule has 0 aromatic carbocycles. The molecule has 0 atom stereocenters. The van der Waals surface area contributed by atoms with Crippen LogP contribution in [0.4, 0.5) is 0 Å². The number of aromatic nitrogens is 4. The summed E-state index contributed by atoms with van der Waals surface area (Å²) < 4.78 is 6.63. The second-order valence-corrected chi connectivity index (χ2v) is 5.56. The molecule has 0 amide bonds. The lowest BCUT2D eigenvalue weighted by atomic mass is 10.1. The molecule has 6 nitrogen and oxygen atoms in total. The zero-order valence-corrected chi connectivity index (χ0v) is 13.0. The minimum atomic E-state index is -0.397. The van der Waals surface area contributed by atoms with Gasteiger partial charge in [0.05, 0.1) is 19.0 Å². The van der Waals surface area contributed by atoms with Crippen LogP contribution in [0.25, 0.3) is 22.3 Å². The minimum absolute atomic E-state index is 0.301. The van der Waals surface area contributed by atoms with E-state index in [1.807, 2.05) is 23.9 Å². The van der Waals surface area contributed by atoms with Gasteiger partial charge in [0.25, 0.3) is 0 Å². The smallest absolute Gasteiger partial charge is 0.354 e. The third-order valence-corrected chi connectivity index (χ3v) is 3.64. The molecule has 3 heterocycles. The molecule has 0 unspecified atom stereocenters. The van der Waals surface area contributed by atoms with Crippen LogP contribution in [0.2, 0.25) is 0 Å². The van der Waals surface area contributed by atoms with Gasteiger partial charge in [0, 0.05) is 23.2 Å². The topological polar surface area (TPSA) is 72.8 Å². The van der Waals surface area contributed by atoms with Crippen molar-refractivity contribution in [1.82, 2.24) is 19.7 Å². The van der Waals surface area contributed by atoms with Crippen molar-refractivity contribution in [3.63, 3.8) is 0 Å². The number of nitrogens with one attached hydrogen (secondary N) is 1. The number of H-pyrrole nitrogens is 1. The van der Waals surface area contributed by atoms with Crippen LogP contribution in [0.15, 0.2) is 24.5 Å². The van der Waals surface area contributed by atoms with Gasteiger partial charge in [0.15, 0.2) is 0 Å². The summed E-state index contributed by atoms with van der Waals surface area (Å²) >= 11 is 0. The summed E-state index contributed by atoms with van der Waals surface area (Å²) in [6.45, 7) is 6.15. The van der Waals surface area contributed by atoms with Gasteiger partial charge < -0.3 is 9.72 Å². The number of fused-ring (bicyclic) bond motifs is 1. The fraction of sp³-hybridized carbons (Fsp3) is 0.312. The van der Waals surface area contributed by atoms with E-state index in [9.17, 15) is 4.79 Å². The van der Waals surface area contributed by atoms with Gasteiger partial charge in [-0.3, -0.25) is 4.68 Å². The first-order chi connectivity index (χ1) is 10.5. The molecule has 0 saturated carbocycles. The Hall–Kier alpha value is -2.63. The number of nitrogens with zero attached hydrogens (tertiary/aromatic N) is 3. The van der Waals surface area contributed by atoms with Gasteiger partial charge in [-0.1, -0.05) is 0 Å². The third-order valence-electron chi connectivity index (χ3n) is 3.64. The highest BCUT2D eigenvalue weighted by Gasteiger charge is 2.14. The van der Waals surface area contributed by atoms with Crippen LogP contribution in [0.5, 0.6) is 0 Å². The molecule has 3 rings (SSSR count). The summed E-state index contributed by atoms with van der Waals surface area (Å²) in [4.78, 5) is 19.2.